The number of carbonyl (C=O) groups is 3. The number of hydrogen-bond donors (Lipinski definition) is 2. The van der Waals surface area contributed by atoms with E-state index in [1.165, 1.54) is 0 Å². The summed E-state index contributed by atoms with van der Waals surface area (Å²) in [5.74, 6) is -0.711. The van der Waals surface area contributed by atoms with Crippen LogP contribution in [0.15, 0.2) is 60.7 Å². The maximum atomic E-state index is 12.5. The van der Waals surface area contributed by atoms with Crippen molar-refractivity contribution in [2.45, 2.75) is 31.8 Å². The molecule has 1 heterocycles. The van der Waals surface area contributed by atoms with Gasteiger partial charge in [0.15, 0.2) is 0 Å². The van der Waals surface area contributed by atoms with Crippen molar-refractivity contribution in [1.29, 1.82) is 0 Å². The Morgan fingerprint density at radius 1 is 1.07 bits per heavy atom. The summed E-state index contributed by atoms with van der Waals surface area (Å²) >= 11 is 0. The van der Waals surface area contributed by atoms with Crippen LogP contribution in [0.25, 0.3) is 0 Å². The molecule has 0 radical (unpaired) electrons. The van der Waals surface area contributed by atoms with Gasteiger partial charge in [-0.05, 0) is 30.9 Å². The molecule has 0 aliphatic carbocycles. The number of carbonyl (C=O) groups excluding carboxylic acids is 3. The van der Waals surface area contributed by atoms with E-state index in [1.54, 1.807) is 0 Å². The summed E-state index contributed by atoms with van der Waals surface area (Å²) in [7, 11) is 0. The molecule has 140 valence electrons. The van der Waals surface area contributed by atoms with Crippen LogP contribution in [0.2, 0.25) is 0 Å². The third kappa shape index (κ3) is 4.73. The van der Waals surface area contributed by atoms with Crippen molar-refractivity contribution >= 4 is 17.8 Å². The molecule has 0 bridgehead atoms. The average molecular weight is 365 g/mol. The number of aryl methyl sites for hydroxylation is 1. The van der Waals surface area contributed by atoms with E-state index < -0.39 is 12.1 Å². The largest absolute Gasteiger partial charge is 0.348 e. The van der Waals surface area contributed by atoms with Crippen molar-refractivity contribution in [2.75, 3.05) is 6.54 Å². The van der Waals surface area contributed by atoms with Gasteiger partial charge < -0.3 is 10.6 Å². The zero-order valence-corrected chi connectivity index (χ0v) is 15.2. The Bertz CT molecular complexity index is 808. The summed E-state index contributed by atoms with van der Waals surface area (Å²) in [6.45, 7) is 1.59. The molecule has 6 heteroatoms. The van der Waals surface area contributed by atoms with E-state index in [9.17, 15) is 14.4 Å². The summed E-state index contributed by atoms with van der Waals surface area (Å²) in [5.41, 5.74) is 2.07. The molecule has 0 unspecified atom stereocenters. The lowest BCUT2D eigenvalue weighted by Gasteiger charge is -2.17. The molecule has 2 atom stereocenters. The molecule has 4 amide bonds. The standard InChI is InChI=1S/C21H23N3O3/c1-15(17-10-6-3-7-11-17)22-19(25)14-24-20(26)18(23-21(24)27)13-12-16-8-4-2-5-9-16/h2-11,15,18H,12-14H2,1H3,(H,22,25)(H,23,27)/t15-,18-/m1/s1. The van der Waals surface area contributed by atoms with Crippen LogP contribution in [-0.2, 0) is 16.0 Å². The van der Waals surface area contributed by atoms with Gasteiger partial charge in [0, 0.05) is 0 Å². The number of hydrogen-bond acceptors (Lipinski definition) is 3. The second kappa shape index (κ2) is 8.49. The quantitative estimate of drug-likeness (QED) is 0.740. The highest BCUT2D eigenvalue weighted by molar-refractivity contribution is 6.06. The average Bonchev–Trinajstić information content (AvgIpc) is 2.95. The first-order valence-corrected chi connectivity index (χ1v) is 9.04. The second-order valence-corrected chi connectivity index (χ2v) is 6.65. The van der Waals surface area contributed by atoms with Gasteiger partial charge >= 0.3 is 6.03 Å². The Labute approximate surface area is 158 Å². The lowest BCUT2D eigenvalue weighted by molar-refractivity contribution is -0.132. The zero-order chi connectivity index (χ0) is 19.2. The molecule has 0 aromatic heterocycles. The molecule has 0 saturated carbocycles. The fourth-order valence-corrected chi connectivity index (χ4v) is 3.13. The predicted molar refractivity (Wildman–Crippen MR) is 102 cm³/mol. The topological polar surface area (TPSA) is 78.5 Å². The number of urea groups is 1. The number of nitrogens with zero attached hydrogens (tertiary/aromatic N) is 1. The number of imide groups is 1. The van der Waals surface area contributed by atoms with E-state index in [-0.39, 0.29) is 24.4 Å². The van der Waals surface area contributed by atoms with Crippen molar-refractivity contribution in [3.8, 4) is 0 Å². The monoisotopic (exact) mass is 365 g/mol. The van der Waals surface area contributed by atoms with E-state index in [0.717, 1.165) is 16.0 Å². The molecule has 0 spiro atoms. The van der Waals surface area contributed by atoms with Gasteiger partial charge in [0.25, 0.3) is 5.91 Å². The minimum Gasteiger partial charge on any atom is -0.348 e. The van der Waals surface area contributed by atoms with E-state index >= 15 is 0 Å². The first kappa shape index (κ1) is 18.6. The first-order valence-electron chi connectivity index (χ1n) is 9.04. The van der Waals surface area contributed by atoms with E-state index in [1.807, 2.05) is 67.6 Å². The molecule has 1 saturated heterocycles. The highest BCUT2D eigenvalue weighted by Crippen LogP contribution is 2.14. The van der Waals surface area contributed by atoms with Gasteiger partial charge in [-0.25, -0.2) is 4.79 Å². The Balaban J connectivity index is 1.53. The molecule has 27 heavy (non-hydrogen) atoms. The molecule has 2 aromatic carbocycles. The Morgan fingerprint density at radius 3 is 2.37 bits per heavy atom. The van der Waals surface area contributed by atoms with Crippen LogP contribution in [-0.4, -0.2) is 35.3 Å². The first-order chi connectivity index (χ1) is 13.0. The molecule has 6 nitrogen and oxygen atoms in total. The van der Waals surface area contributed by atoms with Gasteiger partial charge in [-0.2, -0.15) is 0 Å². The van der Waals surface area contributed by atoms with Crippen molar-refractivity contribution in [3.63, 3.8) is 0 Å². The van der Waals surface area contributed by atoms with Crippen LogP contribution in [0.4, 0.5) is 4.79 Å². The highest BCUT2D eigenvalue weighted by Gasteiger charge is 2.38. The lowest BCUT2D eigenvalue weighted by atomic mass is 10.1. The minimum atomic E-state index is -0.586. The highest BCUT2D eigenvalue weighted by atomic mass is 16.2. The van der Waals surface area contributed by atoms with Crippen LogP contribution in [0.1, 0.15) is 30.5 Å². The fourth-order valence-electron chi connectivity index (χ4n) is 3.13. The number of amides is 4. The SMILES string of the molecule is C[C@@H](NC(=O)CN1C(=O)N[C@H](CCc2ccccc2)C1=O)c1ccccc1. The normalized spacial score (nSPS) is 17.5. The van der Waals surface area contributed by atoms with Crippen molar-refractivity contribution in [2.24, 2.45) is 0 Å². The summed E-state index contributed by atoms with van der Waals surface area (Å²) in [5, 5.41) is 5.50. The summed E-state index contributed by atoms with van der Waals surface area (Å²) in [6, 6.07) is 18.0. The van der Waals surface area contributed by atoms with Crippen LogP contribution < -0.4 is 10.6 Å². The second-order valence-electron chi connectivity index (χ2n) is 6.65. The molecule has 2 aromatic rings. The maximum absolute atomic E-state index is 12.5. The van der Waals surface area contributed by atoms with Crippen LogP contribution in [0.5, 0.6) is 0 Å². The minimum absolute atomic E-state index is 0.201. The lowest BCUT2D eigenvalue weighted by Crippen LogP contribution is -2.41. The van der Waals surface area contributed by atoms with Gasteiger partial charge in [0.2, 0.25) is 5.91 Å². The molecule has 3 rings (SSSR count). The van der Waals surface area contributed by atoms with E-state index in [4.69, 9.17) is 0 Å². The van der Waals surface area contributed by atoms with Crippen molar-refractivity contribution < 1.29 is 14.4 Å². The smallest absolute Gasteiger partial charge is 0.325 e. The Kier molecular flexibility index (Phi) is 5.86. The van der Waals surface area contributed by atoms with Gasteiger partial charge in [-0.1, -0.05) is 60.7 Å². The molecular weight excluding hydrogens is 342 g/mol. The maximum Gasteiger partial charge on any atom is 0.325 e. The molecule has 1 aliphatic rings. The van der Waals surface area contributed by atoms with Gasteiger partial charge in [-0.3, -0.25) is 14.5 Å². The third-order valence-corrected chi connectivity index (χ3v) is 4.65. The number of rotatable bonds is 7. The summed E-state index contributed by atoms with van der Waals surface area (Å²) in [4.78, 5) is 37.9. The van der Waals surface area contributed by atoms with Gasteiger partial charge in [0.1, 0.15) is 12.6 Å². The molecule has 2 N–H and O–H groups in total. The van der Waals surface area contributed by atoms with Gasteiger partial charge in [-0.15, -0.1) is 0 Å². The van der Waals surface area contributed by atoms with Crippen molar-refractivity contribution in [1.82, 2.24) is 15.5 Å². The van der Waals surface area contributed by atoms with Crippen LogP contribution in [0, 0.1) is 0 Å². The Hall–Kier alpha value is -3.15. The number of nitrogens with one attached hydrogen (secondary N) is 2. The van der Waals surface area contributed by atoms with Crippen LogP contribution >= 0.6 is 0 Å². The van der Waals surface area contributed by atoms with Gasteiger partial charge in [0.05, 0.1) is 6.04 Å². The molecule has 1 fully saturated rings. The molecule has 1 aliphatic heterocycles. The summed E-state index contributed by atoms with van der Waals surface area (Å²) in [6.07, 6.45) is 1.19. The predicted octanol–water partition coefficient (Wildman–Crippen LogP) is 2.42. The number of benzene rings is 2. The van der Waals surface area contributed by atoms with Crippen LogP contribution in [0.3, 0.4) is 0 Å². The van der Waals surface area contributed by atoms with E-state index in [2.05, 4.69) is 10.6 Å². The Morgan fingerprint density at radius 2 is 1.70 bits per heavy atom. The molecular formula is C21H23N3O3. The zero-order valence-electron chi connectivity index (χ0n) is 15.2. The summed E-state index contributed by atoms with van der Waals surface area (Å²) < 4.78 is 0. The fraction of sp³-hybridized carbons (Fsp3) is 0.286. The third-order valence-electron chi connectivity index (χ3n) is 4.65. The van der Waals surface area contributed by atoms with Crippen molar-refractivity contribution in [3.05, 3.63) is 71.8 Å². The van der Waals surface area contributed by atoms with E-state index in [0.29, 0.717) is 12.8 Å².